The van der Waals surface area contributed by atoms with Crippen LogP contribution in [0.4, 0.5) is 0 Å². The van der Waals surface area contributed by atoms with Crippen molar-refractivity contribution >= 4 is 16.1 Å². The predicted molar refractivity (Wildman–Crippen MR) is 50.9 cm³/mol. The van der Waals surface area contributed by atoms with Gasteiger partial charge in [-0.3, -0.25) is 0 Å². The second-order valence-electron chi connectivity index (χ2n) is 3.23. The molecule has 6 heteroatoms. The zero-order chi connectivity index (χ0) is 8.48. The fourth-order valence-corrected chi connectivity index (χ4v) is 8.54. The first-order valence-corrected chi connectivity index (χ1v) is 13.0. The van der Waals surface area contributed by atoms with Crippen molar-refractivity contribution in [1.29, 1.82) is 0 Å². The van der Waals surface area contributed by atoms with E-state index in [0.29, 0.717) is 3.42 Å². The summed E-state index contributed by atoms with van der Waals surface area (Å²) >= 11 is -1.11. The van der Waals surface area contributed by atoms with Gasteiger partial charge in [-0.05, 0) is 0 Å². The summed E-state index contributed by atoms with van der Waals surface area (Å²) in [5.41, 5.74) is 3.06. The van der Waals surface area contributed by atoms with Gasteiger partial charge in [-0.1, -0.05) is 0 Å². The van der Waals surface area contributed by atoms with Gasteiger partial charge in [-0.25, -0.2) is 0 Å². The standard InChI is InChI=1S/C5H15I2N4/c1-5(2,3)7(8)6-10-11-4-9-11/h9-10H,4,8H2,1-3H3/q-1. The van der Waals surface area contributed by atoms with Gasteiger partial charge in [0.1, 0.15) is 0 Å². The monoisotopic (exact) mass is 385 g/mol. The van der Waals surface area contributed by atoms with Gasteiger partial charge in [-0.15, -0.1) is 0 Å². The van der Waals surface area contributed by atoms with E-state index >= 15 is 0 Å². The number of hydrogen-bond donors (Lipinski definition) is 3. The van der Waals surface area contributed by atoms with Crippen molar-refractivity contribution < 1.29 is 17.5 Å². The first-order chi connectivity index (χ1) is 5.00. The molecule has 0 aromatic heterocycles. The molecule has 1 rings (SSSR count). The molecule has 1 fully saturated rings. The Labute approximate surface area is 82.0 Å². The average molecular weight is 385 g/mol. The summed E-state index contributed by atoms with van der Waals surface area (Å²) in [6.07, 6.45) is 0. The molecule has 1 atom stereocenters. The zero-order valence-electron chi connectivity index (χ0n) is 6.99. The van der Waals surface area contributed by atoms with Crippen LogP contribution in [0.2, 0.25) is 0 Å². The van der Waals surface area contributed by atoms with Gasteiger partial charge < -0.3 is 0 Å². The molecule has 0 spiro atoms. The SMILES string of the molecule is CC(C)(C)I(N)[I-]NN1CN1. The first-order valence-electron chi connectivity index (χ1n) is 3.36. The Bertz CT molecular complexity index is 131. The normalized spacial score (nSPS) is 25.5. The fraction of sp³-hybridized carbons (Fsp3) is 1.00. The Morgan fingerprint density at radius 1 is 1.64 bits per heavy atom. The number of nitrogens with zero attached hydrogens (tertiary/aromatic N) is 1. The van der Waals surface area contributed by atoms with Crippen LogP contribution in [0.5, 0.6) is 0 Å². The van der Waals surface area contributed by atoms with Gasteiger partial charge in [0.2, 0.25) is 0 Å². The van der Waals surface area contributed by atoms with E-state index in [1.165, 1.54) is 0 Å². The van der Waals surface area contributed by atoms with Crippen molar-refractivity contribution in [3.05, 3.63) is 0 Å². The van der Waals surface area contributed by atoms with Crippen molar-refractivity contribution in [2.24, 2.45) is 3.95 Å². The summed E-state index contributed by atoms with van der Waals surface area (Å²) in [4.78, 5) is 0. The van der Waals surface area contributed by atoms with Crippen LogP contribution < -0.4 is 30.5 Å². The van der Waals surface area contributed by atoms with Crippen LogP contribution in [-0.4, -0.2) is 15.2 Å². The molecule has 4 N–H and O–H groups in total. The predicted octanol–water partition coefficient (Wildman–Crippen LogP) is -2.63. The molecule has 4 nitrogen and oxygen atoms in total. The molecule has 1 aliphatic heterocycles. The first kappa shape index (κ1) is 10.4. The van der Waals surface area contributed by atoms with E-state index in [9.17, 15) is 0 Å². The summed E-state index contributed by atoms with van der Waals surface area (Å²) < 4.78 is 9.84. The molecule has 0 aliphatic carbocycles. The Balaban J connectivity index is 2.13. The Kier molecular flexibility index (Phi) is 3.78. The molecule has 0 bridgehead atoms. The minimum absolute atomic E-state index is 0.0424. The van der Waals surface area contributed by atoms with Crippen LogP contribution in [0.1, 0.15) is 20.8 Å². The van der Waals surface area contributed by atoms with Gasteiger partial charge >= 0.3 is 82.6 Å². The van der Waals surface area contributed by atoms with Gasteiger partial charge in [0.15, 0.2) is 0 Å². The third-order valence-electron chi connectivity index (χ3n) is 1.07. The molecule has 1 saturated heterocycles. The van der Waals surface area contributed by atoms with E-state index < -0.39 is 16.1 Å². The molecule has 1 heterocycles. The van der Waals surface area contributed by atoms with E-state index in [-0.39, 0.29) is 17.5 Å². The maximum atomic E-state index is 6.12. The molecule has 1 unspecified atom stereocenters. The fourth-order valence-electron chi connectivity index (χ4n) is 0.275. The number of rotatable bonds is 3. The molecule has 70 valence electrons. The molecule has 0 saturated carbocycles. The molecule has 0 aromatic rings. The average Bonchev–Trinajstić information content (AvgIpc) is 2.62. The molecular weight excluding hydrogens is 370 g/mol. The van der Waals surface area contributed by atoms with E-state index in [1.54, 1.807) is 0 Å². The number of halogens is 2. The van der Waals surface area contributed by atoms with Gasteiger partial charge in [0.05, 0.1) is 0 Å². The maximum absolute atomic E-state index is 6.12. The number of hydrogen-bond acceptors (Lipinski definition) is 4. The number of alkyl halides is 1. The summed E-state index contributed by atoms with van der Waals surface area (Å²) in [5.74, 6) is 0. The van der Waals surface area contributed by atoms with E-state index in [0.717, 1.165) is 6.67 Å². The second-order valence-corrected chi connectivity index (χ2v) is 17.5. The Morgan fingerprint density at radius 3 is 2.55 bits per heavy atom. The molecule has 11 heavy (non-hydrogen) atoms. The number of hydrazine groups is 2. The van der Waals surface area contributed by atoms with E-state index in [1.807, 2.05) is 5.12 Å². The minimum atomic E-state index is -1.16. The van der Waals surface area contributed by atoms with Gasteiger partial charge in [-0.2, -0.15) is 0 Å². The van der Waals surface area contributed by atoms with E-state index in [2.05, 4.69) is 29.8 Å². The zero-order valence-corrected chi connectivity index (χ0v) is 11.3. The Morgan fingerprint density at radius 2 is 2.18 bits per heavy atom. The summed E-state index contributed by atoms with van der Waals surface area (Å²) in [7, 11) is 0. The number of nitrogens with one attached hydrogen (secondary N) is 2. The van der Waals surface area contributed by atoms with Gasteiger partial charge in [0, 0.05) is 0 Å². The quantitative estimate of drug-likeness (QED) is 0.215. The molecule has 1 aliphatic rings. The van der Waals surface area contributed by atoms with Crippen LogP contribution in [0.15, 0.2) is 0 Å². The van der Waals surface area contributed by atoms with Crippen LogP contribution in [0.25, 0.3) is 0 Å². The Hall–Kier alpha value is 1.30. The topological polar surface area (TPSA) is 63.0 Å². The van der Waals surface area contributed by atoms with Crippen molar-refractivity contribution in [2.75, 3.05) is 6.67 Å². The molecule has 0 amide bonds. The molecular formula is C5H15I2N4-. The van der Waals surface area contributed by atoms with Crippen LogP contribution in [0, 0.1) is 0 Å². The molecule has 0 aromatic carbocycles. The number of nitrogens with two attached hydrogens (primary N) is 1. The van der Waals surface area contributed by atoms with Crippen molar-refractivity contribution in [2.45, 2.75) is 24.2 Å². The van der Waals surface area contributed by atoms with Crippen molar-refractivity contribution in [3.63, 3.8) is 0 Å². The second kappa shape index (κ2) is 4.01. The summed E-state index contributed by atoms with van der Waals surface area (Å²) in [5, 5.41) is 2.01. The van der Waals surface area contributed by atoms with Gasteiger partial charge in [0.25, 0.3) is 0 Å². The van der Waals surface area contributed by atoms with Crippen molar-refractivity contribution in [1.82, 2.24) is 14.2 Å². The third-order valence-corrected chi connectivity index (χ3v) is 17.7. The summed E-state index contributed by atoms with van der Waals surface area (Å²) in [6.45, 7) is 7.71. The summed E-state index contributed by atoms with van der Waals surface area (Å²) in [6, 6.07) is 0. The van der Waals surface area contributed by atoms with Crippen molar-refractivity contribution in [3.8, 4) is 0 Å². The van der Waals surface area contributed by atoms with Crippen LogP contribution in [-0.2, 0) is 0 Å². The van der Waals surface area contributed by atoms with E-state index in [4.69, 9.17) is 3.95 Å². The van der Waals surface area contributed by atoms with Crippen LogP contribution >= 0.6 is 16.1 Å². The van der Waals surface area contributed by atoms with Crippen LogP contribution in [0.3, 0.4) is 0 Å². The third kappa shape index (κ3) is 4.18. The molecule has 0 radical (unpaired) electrons.